The fourth-order valence-electron chi connectivity index (χ4n) is 1.02. The first-order valence-electron chi connectivity index (χ1n) is 4.91. The first-order chi connectivity index (χ1) is 7.35. The Kier molecular flexibility index (Phi) is 7.07. The predicted molar refractivity (Wildman–Crippen MR) is 53.0 cm³/mol. The second-order valence-electron chi connectivity index (χ2n) is 3.57. The van der Waals surface area contributed by atoms with E-state index in [1.807, 2.05) is 6.92 Å². The van der Waals surface area contributed by atoms with E-state index in [1.165, 1.54) is 0 Å². The van der Waals surface area contributed by atoms with Crippen molar-refractivity contribution in [1.29, 1.82) is 0 Å². The Bertz CT molecular complexity index is 209. The van der Waals surface area contributed by atoms with Gasteiger partial charge in [-0.05, 0) is 19.5 Å². The molecule has 0 rings (SSSR count). The van der Waals surface area contributed by atoms with Gasteiger partial charge in [-0.15, -0.1) is 0 Å². The molecule has 0 aliphatic heterocycles. The van der Waals surface area contributed by atoms with Crippen molar-refractivity contribution in [1.82, 2.24) is 10.6 Å². The van der Waals surface area contributed by atoms with Crippen molar-refractivity contribution in [2.24, 2.45) is 5.92 Å². The van der Waals surface area contributed by atoms with E-state index in [4.69, 9.17) is 0 Å². The van der Waals surface area contributed by atoms with Gasteiger partial charge in [0.15, 0.2) is 0 Å². The summed E-state index contributed by atoms with van der Waals surface area (Å²) in [5.41, 5.74) is 0. The summed E-state index contributed by atoms with van der Waals surface area (Å²) in [4.78, 5) is 11.0. The van der Waals surface area contributed by atoms with Crippen LogP contribution in [0.25, 0.3) is 0 Å². The highest BCUT2D eigenvalue weighted by atomic mass is 19.4. The lowest BCUT2D eigenvalue weighted by molar-refractivity contribution is -0.175. The van der Waals surface area contributed by atoms with E-state index in [-0.39, 0.29) is 5.92 Å². The van der Waals surface area contributed by atoms with E-state index in [0.29, 0.717) is 6.54 Å². The SMILES string of the molecule is CNCC(C)CNC(=O)COCC(F)(F)F. The Balaban J connectivity index is 3.52. The van der Waals surface area contributed by atoms with Crippen molar-refractivity contribution in [3.8, 4) is 0 Å². The minimum Gasteiger partial charge on any atom is -0.362 e. The van der Waals surface area contributed by atoms with E-state index in [1.54, 1.807) is 7.05 Å². The van der Waals surface area contributed by atoms with Crippen LogP contribution in [0, 0.1) is 5.92 Å². The Labute approximate surface area is 92.5 Å². The number of hydrogen-bond acceptors (Lipinski definition) is 3. The molecule has 1 atom stereocenters. The molecule has 0 fully saturated rings. The van der Waals surface area contributed by atoms with E-state index < -0.39 is 25.3 Å². The van der Waals surface area contributed by atoms with Crippen molar-refractivity contribution < 1.29 is 22.7 Å². The number of carbonyl (C=O) groups excluding carboxylic acids is 1. The number of amides is 1. The zero-order valence-corrected chi connectivity index (χ0v) is 9.36. The van der Waals surface area contributed by atoms with Crippen LogP contribution in [0.4, 0.5) is 13.2 Å². The standard InChI is InChI=1S/C9H17F3N2O2/c1-7(3-13-2)4-14-8(15)5-16-6-9(10,11)12/h7,13H,3-6H2,1-2H3,(H,14,15). The van der Waals surface area contributed by atoms with Crippen molar-refractivity contribution in [3.63, 3.8) is 0 Å². The highest BCUT2D eigenvalue weighted by Gasteiger charge is 2.27. The Hall–Kier alpha value is -0.820. The van der Waals surface area contributed by atoms with Crippen LogP contribution in [0.5, 0.6) is 0 Å². The number of halogens is 3. The van der Waals surface area contributed by atoms with Crippen molar-refractivity contribution in [3.05, 3.63) is 0 Å². The van der Waals surface area contributed by atoms with E-state index in [0.717, 1.165) is 6.54 Å². The van der Waals surface area contributed by atoms with Gasteiger partial charge >= 0.3 is 6.18 Å². The van der Waals surface area contributed by atoms with Gasteiger partial charge in [-0.2, -0.15) is 13.2 Å². The Morgan fingerprint density at radius 3 is 2.50 bits per heavy atom. The van der Waals surface area contributed by atoms with Crippen molar-refractivity contribution in [2.75, 3.05) is 33.4 Å². The molecule has 2 N–H and O–H groups in total. The molecule has 96 valence electrons. The highest BCUT2D eigenvalue weighted by molar-refractivity contribution is 5.77. The number of ether oxygens (including phenoxy) is 1. The maximum Gasteiger partial charge on any atom is 0.411 e. The average molecular weight is 242 g/mol. The molecule has 1 unspecified atom stereocenters. The Morgan fingerprint density at radius 1 is 1.38 bits per heavy atom. The van der Waals surface area contributed by atoms with Crippen LogP contribution < -0.4 is 10.6 Å². The van der Waals surface area contributed by atoms with Crippen LogP contribution in [0.1, 0.15) is 6.92 Å². The molecule has 0 bridgehead atoms. The van der Waals surface area contributed by atoms with Gasteiger partial charge in [0.2, 0.25) is 5.91 Å². The maximum absolute atomic E-state index is 11.7. The lowest BCUT2D eigenvalue weighted by Crippen LogP contribution is -2.35. The predicted octanol–water partition coefficient (Wildman–Crippen LogP) is 0.537. The second-order valence-corrected chi connectivity index (χ2v) is 3.57. The third-order valence-corrected chi connectivity index (χ3v) is 1.70. The van der Waals surface area contributed by atoms with Gasteiger partial charge < -0.3 is 15.4 Å². The van der Waals surface area contributed by atoms with Crippen LogP contribution in [-0.4, -0.2) is 45.4 Å². The van der Waals surface area contributed by atoms with Gasteiger partial charge in [-0.1, -0.05) is 6.92 Å². The van der Waals surface area contributed by atoms with E-state index in [9.17, 15) is 18.0 Å². The summed E-state index contributed by atoms with van der Waals surface area (Å²) >= 11 is 0. The minimum absolute atomic E-state index is 0.219. The summed E-state index contributed by atoms with van der Waals surface area (Å²) in [6.07, 6.45) is -4.39. The van der Waals surface area contributed by atoms with E-state index in [2.05, 4.69) is 15.4 Å². The fraction of sp³-hybridized carbons (Fsp3) is 0.889. The minimum atomic E-state index is -4.39. The monoisotopic (exact) mass is 242 g/mol. The van der Waals surface area contributed by atoms with Gasteiger partial charge in [0.1, 0.15) is 13.2 Å². The van der Waals surface area contributed by atoms with Crippen LogP contribution in [0.3, 0.4) is 0 Å². The molecule has 16 heavy (non-hydrogen) atoms. The van der Waals surface area contributed by atoms with Crippen molar-refractivity contribution >= 4 is 5.91 Å². The molecule has 0 heterocycles. The van der Waals surface area contributed by atoms with Crippen LogP contribution in [-0.2, 0) is 9.53 Å². The summed E-state index contributed by atoms with van der Waals surface area (Å²) in [6.45, 7) is 1.09. The zero-order valence-electron chi connectivity index (χ0n) is 9.36. The first-order valence-corrected chi connectivity index (χ1v) is 4.91. The normalized spacial score (nSPS) is 13.6. The number of carbonyl (C=O) groups is 1. The third-order valence-electron chi connectivity index (χ3n) is 1.70. The summed E-state index contributed by atoms with van der Waals surface area (Å²) in [7, 11) is 1.78. The number of hydrogen-bond donors (Lipinski definition) is 2. The molecule has 0 aromatic rings. The molecular formula is C9H17F3N2O2. The quantitative estimate of drug-likeness (QED) is 0.685. The van der Waals surface area contributed by atoms with Crippen LogP contribution >= 0.6 is 0 Å². The molecule has 7 heteroatoms. The molecule has 0 spiro atoms. The molecule has 0 aromatic heterocycles. The van der Waals surface area contributed by atoms with Gasteiger partial charge in [-0.25, -0.2) is 0 Å². The molecule has 0 aliphatic carbocycles. The van der Waals surface area contributed by atoms with Gasteiger partial charge in [0.25, 0.3) is 0 Å². The zero-order chi connectivity index (χ0) is 12.6. The number of nitrogens with one attached hydrogen (secondary N) is 2. The van der Waals surface area contributed by atoms with Crippen molar-refractivity contribution in [2.45, 2.75) is 13.1 Å². The number of rotatable bonds is 7. The topological polar surface area (TPSA) is 50.4 Å². The second kappa shape index (κ2) is 7.45. The largest absolute Gasteiger partial charge is 0.411 e. The highest BCUT2D eigenvalue weighted by Crippen LogP contribution is 2.13. The maximum atomic E-state index is 11.7. The smallest absolute Gasteiger partial charge is 0.362 e. The molecule has 1 amide bonds. The molecule has 0 aromatic carbocycles. The first kappa shape index (κ1) is 15.2. The third kappa shape index (κ3) is 9.72. The van der Waals surface area contributed by atoms with Gasteiger partial charge in [0, 0.05) is 6.54 Å². The molecular weight excluding hydrogens is 225 g/mol. The Morgan fingerprint density at radius 2 is 2.00 bits per heavy atom. The van der Waals surface area contributed by atoms with Crippen LogP contribution in [0.15, 0.2) is 0 Å². The fourth-order valence-corrected chi connectivity index (χ4v) is 1.02. The molecule has 0 aliphatic rings. The van der Waals surface area contributed by atoms with Gasteiger partial charge in [-0.3, -0.25) is 4.79 Å². The lowest BCUT2D eigenvalue weighted by Gasteiger charge is -2.12. The summed E-state index contributed by atoms with van der Waals surface area (Å²) in [5, 5.41) is 5.41. The summed E-state index contributed by atoms with van der Waals surface area (Å²) in [6, 6.07) is 0. The lowest BCUT2D eigenvalue weighted by atomic mass is 10.2. The van der Waals surface area contributed by atoms with Crippen LogP contribution in [0.2, 0.25) is 0 Å². The summed E-state index contributed by atoms with van der Waals surface area (Å²) in [5.74, 6) is -0.316. The molecule has 4 nitrogen and oxygen atoms in total. The van der Waals surface area contributed by atoms with Gasteiger partial charge in [0.05, 0.1) is 0 Å². The number of alkyl halides is 3. The van der Waals surface area contributed by atoms with E-state index >= 15 is 0 Å². The molecule has 0 saturated heterocycles. The summed E-state index contributed by atoms with van der Waals surface area (Å²) < 4.78 is 39.2. The average Bonchev–Trinajstić information content (AvgIpc) is 2.13. The molecule has 0 radical (unpaired) electrons. The molecule has 0 saturated carbocycles.